The van der Waals surface area contributed by atoms with Gasteiger partial charge in [-0.05, 0) is 12.3 Å². The van der Waals surface area contributed by atoms with Gasteiger partial charge in [-0.15, -0.1) is 0 Å². The van der Waals surface area contributed by atoms with Crippen molar-refractivity contribution in [2.75, 3.05) is 0 Å². The number of hydrogen-bond acceptors (Lipinski definition) is 4. The molecular formula is C10H19N3O4. The van der Waals surface area contributed by atoms with Gasteiger partial charge in [0.05, 0.1) is 6.04 Å². The first kappa shape index (κ1) is 15.4. The van der Waals surface area contributed by atoms with Crippen LogP contribution in [0.25, 0.3) is 0 Å². The van der Waals surface area contributed by atoms with Gasteiger partial charge < -0.3 is 21.9 Å². The second-order valence-electron chi connectivity index (χ2n) is 4.17. The maximum Gasteiger partial charge on any atom is 0.303 e. The van der Waals surface area contributed by atoms with Crippen molar-refractivity contribution in [3.63, 3.8) is 0 Å². The zero-order chi connectivity index (χ0) is 13.6. The molecule has 2 unspecified atom stereocenters. The van der Waals surface area contributed by atoms with Crippen molar-refractivity contribution in [1.82, 2.24) is 5.32 Å². The number of rotatable bonds is 7. The molecule has 0 aliphatic heterocycles. The molecule has 7 heteroatoms. The van der Waals surface area contributed by atoms with Crippen LogP contribution in [0.5, 0.6) is 0 Å². The second kappa shape index (κ2) is 6.85. The quantitative estimate of drug-likeness (QED) is 0.447. The molecule has 0 aromatic carbocycles. The number of nitrogens with one attached hydrogen (secondary N) is 1. The van der Waals surface area contributed by atoms with Gasteiger partial charge in [0.15, 0.2) is 0 Å². The third-order valence-electron chi connectivity index (χ3n) is 2.28. The first-order chi connectivity index (χ1) is 7.75. The summed E-state index contributed by atoms with van der Waals surface area (Å²) >= 11 is 0. The Bertz CT molecular complexity index is 304. The number of carbonyl (C=O) groups is 3. The molecule has 0 bridgehead atoms. The highest BCUT2D eigenvalue weighted by Gasteiger charge is 2.24. The minimum absolute atomic E-state index is 0.0186. The molecule has 0 fully saturated rings. The largest absolute Gasteiger partial charge is 0.481 e. The average molecular weight is 245 g/mol. The maximum atomic E-state index is 11.5. The zero-order valence-corrected chi connectivity index (χ0v) is 9.97. The normalized spacial score (nSPS) is 14.1. The molecule has 0 saturated carbocycles. The van der Waals surface area contributed by atoms with Gasteiger partial charge in [0.25, 0.3) is 0 Å². The topological polar surface area (TPSA) is 136 Å². The molecule has 0 aromatic heterocycles. The fourth-order valence-electron chi connectivity index (χ4n) is 1.24. The van der Waals surface area contributed by atoms with Gasteiger partial charge in [0.1, 0.15) is 6.04 Å². The number of hydrogen-bond donors (Lipinski definition) is 4. The minimum Gasteiger partial charge on any atom is -0.481 e. The summed E-state index contributed by atoms with van der Waals surface area (Å²) < 4.78 is 0. The number of amides is 2. The number of aliphatic carboxylic acids is 1. The van der Waals surface area contributed by atoms with Crippen LogP contribution in [0.2, 0.25) is 0 Å². The van der Waals surface area contributed by atoms with Crippen LogP contribution in [-0.2, 0) is 14.4 Å². The van der Waals surface area contributed by atoms with Gasteiger partial charge in [-0.25, -0.2) is 0 Å². The summed E-state index contributed by atoms with van der Waals surface area (Å²) in [5.74, 6) is -2.38. The molecule has 2 atom stereocenters. The van der Waals surface area contributed by atoms with Gasteiger partial charge in [-0.3, -0.25) is 14.4 Å². The lowest BCUT2D eigenvalue weighted by molar-refractivity contribution is -0.137. The van der Waals surface area contributed by atoms with E-state index in [2.05, 4.69) is 5.32 Å². The SMILES string of the molecule is CC(C)C(NC(=O)C(N)CCC(=O)O)C(N)=O. The Hall–Kier alpha value is -1.63. The Balaban J connectivity index is 4.31. The van der Waals surface area contributed by atoms with Gasteiger partial charge in [-0.2, -0.15) is 0 Å². The molecule has 0 aliphatic rings. The van der Waals surface area contributed by atoms with Crippen LogP contribution in [-0.4, -0.2) is 35.0 Å². The third kappa shape index (κ3) is 5.86. The average Bonchev–Trinajstić information content (AvgIpc) is 2.20. The molecule has 6 N–H and O–H groups in total. The Morgan fingerprint density at radius 2 is 1.82 bits per heavy atom. The number of carbonyl (C=O) groups excluding carboxylic acids is 2. The van der Waals surface area contributed by atoms with E-state index in [1.165, 1.54) is 0 Å². The smallest absolute Gasteiger partial charge is 0.303 e. The molecule has 98 valence electrons. The lowest BCUT2D eigenvalue weighted by atomic mass is 10.0. The molecule has 7 nitrogen and oxygen atoms in total. The van der Waals surface area contributed by atoms with Crippen LogP contribution in [0, 0.1) is 5.92 Å². The Kier molecular flexibility index (Phi) is 6.19. The van der Waals surface area contributed by atoms with Crippen LogP contribution < -0.4 is 16.8 Å². The highest BCUT2D eigenvalue weighted by atomic mass is 16.4. The van der Waals surface area contributed by atoms with Crippen molar-refractivity contribution < 1.29 is 19.5 Å². The van der Waals surface area contributed by atoms with E-state index < -0.39 is 29.9 Å². The van der Waals surface area contributed by atoms with E-state index in [1.54, 1.807) is 13.8 Å². The first-order valence-corrected chi connectivity index (χ1v) is 5.32. The monoisotopic (exact) mass is 245 g/mol. The molecule has 2 amide bonds. The third-order valence-corrected chi connectivity index (χ3v) is 2.28. The zero-order valence-electron chi connectivity index (χ0n) is 9.97. The summed E-state index contributed by atoms with van der Waals surface area (Å²) in [5, 5.41) is 10.8. The van der Waals surface area contributed by atoms with Crippen LogP contribution in [0.4, 0.5) is 0 Å². The molecule has 0 aliphatic carbocycles. The van der Waals surface area contributed by atoms with E-state index >= 15 is 0 Å². The predicted octanol–water partition coefficient (Wildman–Crippen LogP) is -1.20. The van der Waals surface area contributed by atoms with Gasteiger partial charge in [0, 0.05) is 6.42 Å². The number of nitrogens with two attached hydrogens (primary N) is 2. The van der Waals surface area contributed by atoms with E-state index in [-0.39, 0.29) is 18.8 Å². The van der Waals surface area contributed by atoms with Gasteiger partial charge >= 0.3 is 5.97 Å². The van der Waals surface area contributed by atoms with E-state index in [0.717, 1.165) is 0 Å². The molecule has 0 rings (SSSR count). The van der Waals surface area contributed by atoms with Crippen LogP contribution in [0.3, 0.4) is 0 Å². The van der Waals surface area contributed by atoms with Crippen molar-refractivity contribution in [1.29, 1.82) is 0 Å². The summed E-state index contributed by atoms with van der Waals surface area (Å²) in [5.41, 5.74) is 10.6. The van der Waals surface area contributed by atoms with Gasteiger partial charge in [0.2, 0.25) is 11.8 Å². The Morgan fingerprint density at radius 1 is 1.29 bits per heavy atom. The van der Waals surface area contributed by atoms with Crippen molar-refractivity contribution in [2.45, 2.75) is 38.8 Å². The molecule has 0 saturated heterocycles. The lowest BCUT2D eigenvalue weighted by Gasteiger charge is -2.21. The Labute approximate surface area is 99.5 Å². The first-order valence-electron chi connectivity index (χ1n) is 5.32. The summed E-state index contributed by atoms with van der Waals surface area (Å²) in [6, 6.07) is -1.75. The number of carboxylic acids is 1. The van der Waals surface area contributed by atoms with Crippen molar-refractivity contribution >= 4 is 17.8 Å². The lowest BCUT2D eigenvalue weighted by Crippen LogP contribution is -2.52. The molecule has 0 aromatic rings. The van der Waals surface area contributed by atoms with Crippen LogP contribution >= 0.6 is 0 Å². The van der Waals surface area contributed by atoms with E-state index in [9.17, 15) is 14.4 Å². The molecule has 0 radical (unpaired) electrons. The fourth-order valence-corrected chi connectivity index (χ4v) is 1.24. The molecule has 0 heterocycles. The van der Waals surface area contributed by atoms with E-state index in [0.29, 0.717) is 0 Å². The summed E-state index contributed by atoms with van der Waals surface area (Å²) in [6.45, 7) is 3.47. The van der Waals surface area contributed by atoms with Crippen molar-refractivity contribution in [3.8, 4) is 0 Å². The molecular weight excluding hydrogens is 226 g/mol. The van der Waals surface area contributed by atoms with Crippen molar-refractivity contribution in [2.24, 2.45) is 17.4 Å². The van der Waals surface area contributed by atoms with Crippen LogP contribution in [0.15, 0.2) is 0 Å². The Morgan fingerprint density at radius 3 is 2.18 bits per heavy atom. The minimum atomic E-state index is -1.02. The van der Waals surface area contributed by atoms with E-state index in [1.807, 2.05) is 0 Å². The summed E-state index contributed by atoms with van der Waals surface area (Å²) in [7, 11) is 0. The molecule has 0 spiro atoms. The standard InChI is InChI=1S/C10H19N3O4/c1-5(2)8(9(12)16)13-10(17)6(11)3-4-7(14)15/h5-6,8H,3-4,11H2,1-2H3,(H2,12,16)(H,13,17)(H,14,15). The number of primary amides is 1. The summed E-state index contributed by atoms with van der Waals surface area (Å²) in [4.78, 5) is 32.9. The van der Waals surface area contributed by atoms with Crippen LogP contribution in [0.1, 0.15) is 26.7 Å². The predicted molar refractivity (Wildman–Crippen MR) is 60.8 cm³/mol. The molecule has 17 heavy (non-hydrogen) atoms. The van der Waals surface area contributed by atoms with E-state index in [4.69, 9.17) is 16.6 Å². The fraction of sp³-hybridized carbons (Fsp3) is 0.700. The second-order valence-corrected chi connectivity index (χ2v) is 4.17. The maximum absolute atomic E-state index is 11.5. The number of carboxylic acid groups (broad SMARTS) is 1. The van der Waals surface area contributed by atoms with Gasteiger partial charge in [-0.1, -0.05) is 13.8 Å². The highest BCUT2D eigenvalue weighted by Crippen LogP contribution is 2.02. The highest BCUT2D eigenvalue weighted by molar-refractivity contribution is 5.89. The summed E-state index contributed by atoms with van der Waals surface area (Å²) in [6.07, 6.45) is -0.178. The van der Waals surface area contributed by atoms with Crippen molar-refractivity contribution in [3.05, 3.63) is 0 Å².